The highest BCUT2D eigenvalue weighted by atomic mass is 32.2. The second-order valence-electron chi connectivity index (χ2n) is 2.41. The Morgan fingerprint density at radius 3 is 2.69 bits per heavy atom. The van der Waals surface area contributed by atoms with Gasteiger partial charge in [0.05, 0.1) is 4.88 Å². The monoisotopic (exact) mass is 246 g/mol. The van der Waals surface area contributed by atoms with Crippen molar-refractivity contribution >= 4 is 46.2 Å². The quantitative estimate of drug-likeness (QED) is 0.816. The predicted molar refractivity (Wildman–Crippen MR) is 61.4 cm³/mol. The third-order valence-electron chi connectivity index (χ3n) is 1.55. The smallest absolute Gasteiger partial charge is 0.144 e. The Balaban J connectivity index is 2.33. The molecule has 0 amide bonds. The Hall–Kier alpha value is -0.0700. The van der Waals surface area contributed by atoms with Gasteiger partial charge in [0.1, 0.15) is 9.24 Å². The van der Waals surface area contributed by atoms with Gasteiger partial charge in [-0.15, -0.1) is 34.0 Å². The molecule has 2 rings (SSSR count). The van der Waals surface area contributed by atoms with Gasteiger partial charge in [0.25, 0.3) is 0 Å². The summed E-state index contributed by atoms with van der Waals surface area (Å²) in [6.07, 6.45) is -0.488. The van der Waals surface area contributed by atoms with Crippen LogP contribution in [0.1, 0.15) is 15.9 Å². The maximum absolute atomic E-state index is 9.88. The summed E-state index contributed by atoms with van der Waals surface area (Å²) in [5.74, 6) is 0. The molecule has 2 heterocycles. The summed E-state index contributed by atoms with van der Waals surface area (Å²) < 4.78 is 0.866. The van der Waals surface area contributed by atoms with Crippen LogP contribution in [0, 0.1) is 3.14 Å². The molecule has 0 aliphatic carbocycles. The van der Waals surface area contributed by atoms with Crippen LogP contribution in [0.5, 0.6) is 0 Å². The van der Waals surface area contributed by atoms with Crippen molar-refractivity contribution in [2.45, 2.75) is 6.10 Å². The van der Waals surface area contributed by atoms with Crippen LogP contribution in [-0.2, 0) is 0 Å². The third kappa shape index (κ3) is 2.05. The summed E-state index contributed by atoms with van der Waals surface area (Å²) in [4.78, 5) is 1.92. The van der Waals surface area contributed by atoms with Gasteiger partial charge in [-0.05, 0) is 11.4 Å². The molecule has 0 aliphatic heterocycles. The van der Waals surface area contributed by atoms with Crippen molar-refractivity contribution in [2.75, 3.05) is 0 Å². The second kappa shape index (κ2) is 3.98. The first-order chi connectivity index (χ1) is 6.27. The van der Waals surface area contributed by atoms with E-state index in [1.807, 2.05) is 22.9 Å². The number of aliphatic hydroxyl groups excluding tert-OH is 1. The van der Waals surface area contributed by atoms with E-state index in [2.05, 4.69) is 0 Å². The van der Waals surface area contributed by atoms with Crippen molar-refractivity contribution in [3.8, 4) is 0 Å². The molecule has 0 radical (unpaired) electrons. The molecule has 68 valence electrons. The van der Waals surface area contributed by atoms with Gasteiger partial charge in [-0.25, -0.2) is 0 Å². The fraction of sp³-hybridized carbons (Fsp3) is 0.125. The summed E-state index contributed by atoms with van der Waals surface area (Å²) >= 11 is 9.57. The lowest BCUT2D eigenvalue weighted by Crippen LogP contribution is -1.92. The van der Waals surface area contributed by atoms with E-state index in [9.17, 15) is 5.11 Å². The highest BCUT2D eigenvalue weighted by Gasteiger charge is 2.12. The number of hydrogen-bond donors (Lipinski definition) is 1. The van der Waals surface area contributed by atoms with Crippen molar-refractivity contribution in [2.24, 2.45) is 0 Å². The SMILES string of the molecule is OC(c1cccs1)c1csc(=S)s1. The van der Waals surface area contributed by atoms with Gasteiger partial charge in [-0.3, -0.25) is 0 Å². The molecule has 0 bridgehead atoms. The zero-order valence-corrected chi connectivity index (χ0v) is 9.73. The minimum absolute atomic E-state index is 0.488. The van der Waals surface area contributed by atoms with Crippen LogP contribution in [0.4, 0.5) is 0 Å². The second-order valence-corrected chi connectivity index (χ2v) is 6.53. The fourth-order valence-electron chi connectivity index (χ4n) is 0.958. The molecule has 13 heavy (non-hydrogen) atoms. The third-order valence-corrected chi connectivity index (χ3v) is 5.01. The summed E-state index contributed by atoms with van der Waals surface area (Å²) in [7, 11) is 0. The zero-order chi connectivity index (χ0) is 9.26. The van der Waals surface area contributed by atoms with Gasteiger partial charge < -0.3 is 5.11 Å². The van der Waals surface area contributed by atoms with Crippen LogP contribution in [0.2, 0.25) is 0 Å². The number of aliphatic hydroxyl groups is 1. The normalized spacial score (nSPS) is 13.0. The zero-order valence-electron chi connectivity index (χ0n) is 6.47. The Morgan fingerprint density at radius 1 is 1.31 bits per heavy atom. The summed E-state index contributed by atoms with van der Waals surface area (Å²) in [5, 5.41) is 13.8. The summed E-state index contributed by atoms with van der Waals surface area (Å²) in [5.41, 5.74) is 0. The Kier molecular flexibility index (Phi) is 2.90. The molecule has 0 saturated carbocycles. The van der Waals surface area contributed by atoms with Crippen LogP contribution in [0.15, 0.2) is 22.9 Å². The van der Waals surface area contributed by atoms with Crippen molar-refractivity contribution in [3.05, 3.63) is 35.8 Å². The lowest BCUT2D eigenvalue weighted by molar-refractivity contribution is 0.228. The van der Waals surface area contributed by atoms with Crippen LogP contribution in [-0.4, -0.2) is 5.11 Å². The molecule has 0 fully saturated rings. The number of rotatable bonds is 2. The molecule has 2 aromatic heterocycles. The summed E-state index contributed by atoms with van der Waals surface area (Å²) in [6, 6.07) is 3.87. The van der Waals surface area contributed by atoms with E-state index in [4.69, 9.17) is 12.2 Å². The molecular weight excluding hydrogens is 240 g/mol. The van der Waals surface area contributed by atoms with Gasteiger partial charge in [0, 0.05) is 10.3 Å². The van der Waals surface area contributed by atoms with E-state index in [-0.39, 0.29) is 0 Å². The molecule has 1 atom stereocenters. The first-order valence-corrected chi connectivity index (χ1v) is 6.56. The predicted octanol–water partition coefficient (Wildman–Crippen LogP) is 3.68. The topological polar surface area (TPSA) is 20.2 Å². The molecule has 0 saturated heterocycles. The average molecular weight is 246 g/mol. The van der Waals surface area contributed by atoms with E-state index in [0.717, 1.165) is 12.9 Å². The minimum atomic E-state index is -0.488. The van der Waals surface area contributed by atoms with Crippen LogP contribution >= 0.6 is 46.2 Å². The molecule has 1 nitrogen and oxygen atoms in total. The van der Waals surface area contributed by atoms with Crippen molar-refractivity contribution < 1.29 is 5.11 Å². The van der Waals surface area contributed by atoms with Gasteiger partial charge in [0.2, 0.25) is 0 Å². The highest BCUT2D eigenvalue weighted by molar-refractivity contribution is 7.76. The van der Waals surface area contributed by atoms with Crippen LogP contribution in [0.3, 0.4) is 0 Å². The van der Waals surface area contributed by atoms with Gasteiger partial charge in [-0.2, -0.15) is 0 Å². The molecule has 1 unspecified atom stereocenters. The van der Waals surface area contributed by atoms with Gasteiger partial charge in [0.15, 0.2) is 0 Å². The van der Waals surface area contributed by atoms with Crippen molar-refractivity contribution in [3.63, 3.8) is 0 Å². The standard InChI is InChI=1S/C8H6OS4/c9-7(5-2-1-3-11-5)6-4-12-8(10)13-6/h1-4,7,9H. The Morgan fingerprint density at radius 2 is 2.15 bits per heavy atom. The first-order valence-electron chi connectivity index (χ1n) is 3.57. The van der Waals surface area contributed by atoms with Crippen LogP contribution < -0.4 is 0 Å². The number of thiophene rings is 1. The Bertz CT molecular complexity index is 425. The van der Waals surface area contributed by atoms with Crippen LogP contribution in [0.25, 0.3) is 0 Å². The first kappa shape index (κ1) is 9.48. The largest absolute Gasteiger partial charge is 0.382 e. The van der Waals surface area contributed by atoms with E-state index in [1.54, 1.807) is 11.3 Å². The van der Waals surface area contributed by atoms with E-state index < -0.39 is 6.10 Å². The van der Waals surface area contributed by atoms with E-state index in [1.165, 1.54) is 22.7 Å². The number of hydrogen-bond acceptors (Lipinski definition) is 5. The lowest BCUT2D eigenvalue weighted by atomic mass is 10.3. The maximum atomic E-state index is 9.88. The van der Waals surface area contributed by atoms with Gasteiger partial charge >= 0.3 is 0 Å². The van der Waals surface area contributed by atoms with Crippen molar-refractivity contribution in [1.29, 1.82) is 0 Å². The fourth-order valence-corrected chi connectivity index (χ4v) is 3.93. The minimum Gasteiger partial charge on any atom is -0.382 e. The van der Waals surface area contributed by atoms with E-state index >= 15 is 0 Å². The average Bonchev–Trinajstić information content (AvgIpc) is 2.72. The van der Waals surface area contributed by atoms with Gasteiger partial charge in [-0.1, -0.05) is 18.3 Å². The molecule has 5 heteroatoms. The maximum Gasteiger partial charge on any atom is 0.144 e. The lowest BCUT2D eigenvalue weighted by Gasteiger charge is -2.03. The molecular formula is C8H6OS4. The summed E-state index contributed by atoms with van der Waals surface area (Å²) in [6.45, 7) is 0. The molecule has 0 aromatic carbocycles. The van der Waals surface area contributed by atoms with E-state index in [0.29, 0.717) is 0 Å². The van der Waals surface area contributed by atoms with Crippen molar-refractivity contribution in [1.82, 2.24) is 0 Å². The molecule has 2 aromatic rings. The molecule has 0 spiro atoms. The molecule has 1 N–H and O–H groups in total. The Labute approximate surface area is 92.9 Å². The molecule has 0 aliphatic rings. The highest BCUT2D eigenvalue weighted by Crippen LogP contribution is 2.31.